The lowest BCUT2D eigenvalue weighted by atomic mass is 10.1. The van der Waals surface area contributed by atoms with Crippen LogP contribution >= 0.6 is 0 Å². The Labute approximate surface area is 167 Å². The number of nitrogens with zero attached hydrogens (tertiary/aromatic N) is 1. The van der Waals surface area contributed by atoms with Gasteiger partial charge in [-0.2, -0.15) is 5.26 Å². The highest BCUT2D eigenvalue weighted by Gasteiger charge is 2.12. The molecule has 0 aliphatic heterocycles. The van der Waals surface area contributed by atoms with Crippen LogP contribution in [0.5, 0.6) is 0 Å². The van der Waals surface area contributed by atoms with Crippen molar-refractivity contribution in [1.82, 2.24) is 0 Å². The summed E-state index contributed by atoms with van der Waals surface area (Å²) in [6, 6.07) is 18.9. The molecule has 1 amide bonds. The van der Waals surface area contributed by atoms with Gasteiger partial charge in [0.15, 0.2) is 0 Å². The zero-order valence-corrected chi connectivity index (χ0v) is 15.7. The van der Waals surface area contributed by atoms with E-state index < -0.39 is 11.9 Å². The maximum atomic E-state index is 12.4. The number of aromatic carboxylic acids is 1. The molecule has 0 aliphatic carbocycles. The molecule has 0 saturated heterocycles. The summed E-state index contributed by atoms with van der Waals surface area (Å²) in [5.74, 6) is -0.822. The van der Waals surface area contributed by atoms with Gasteiger partial charge in [-0.1, -0.05) is 31.2 Å². The molecule has 6 nitrogen and oxygen atoms in total. The summed E-state index contributed by atoms with van der Waals surface area (Å²) in [5.41, 5.74) is 2.36. The minimum absolute atomic E-state index is 0.107. The number of hydrogen-bond donors (Lipinski definition) is 2. The van der Waals surface area contributed by atoms with Crippen LogP contribution in [0.4, 0.5) is 5.69 Å². The fourth-order valence-electron chi connectivity index (χ4n) is 2.70. The van der Waals surface area contributed by atoms with Crippen molar-refractivity contribution in [3.8, 4) is 17.4 Å². The van der Waals surface area contributed by atoms with Crippen molar-refractivity contribution in [2.24, 2.45) is 0 Å². The summed E-state index contributed by atoms with van der Waals surface area (Å²) in [6.07, 6.45) is 2.24. The van der Waals surface area contributed by atoms with E-state index in [0.29, 0.717) is 22.8 Å². The highest BCUT2D eigenvalue weighted by Crippen LogP contribution is 2.24. The minimum atomic E-state index is -1.03. The molecule has 1 aromatic heterocycles. The molecule has 6 heteroatoms. The van der Waals surface area contributed by atoms with Gasteiger partial charge in [0.1, 0.15) is 23.2 Å². The second-order valence-electron chi connectivity index (χ2n) is 6.26. The van der Waals surface area contributed by atoms with Crippen molar-refractivity contribution < 1.29 is 19.1 Å². The topological polar surface area (TPSA) is 103 Å². The van der Waals surface area contributed by atoms with Crippen molar-refractivity contribution in [2.45, 2.75) is 13.3 Å². The highest BCUT2D eigenvalue weighted by molar-refractivity contribution is 6.09. The Hall–Kier alpha value is -4.11. The monoisotopic (exact) mass is 386 g/mol. The molecule has 0 atom stereocenters. The Morgan fingerprint density at radius 1 is 1.14 bits per heavy atom. The number of carbonyl (C=O) groups is 2. The average Bonchev–Trinajstić information content (AvgIpc) is 3.21. The number of aryl methyl sites for hydroxylation is 1. The van der Waals surface area contributed by atoms with E-state index in [1.165, 1.54) is 18.2 Å². The van der Waals surface area contributed by atoms with E-state index in [9.17, 15) is 14.9 Å². The Morgan fingerprint density at radius 3 is 2.55 bits per heavy atom. The largest absolute Gasteiger partial charge is 0.478 e. The van der Waals surface area contributed by atoms with Crippen LogP contribution in [0, 0.1) is 11.3 Å². The number of anilines is 1. The van der Waals surface area contributed by atoms with Gasteiger partial charge in [-0.25, -0.2) is 4.79 Å². The standard InChI is InChI=1S/C23H18N2O4/c1-2-15-6-8-19(9-7-15)25-22(26)18(14-24)13-20-10-11-21(29-20)16-4-3-5-17(12-16)23(27)28/h3-13H,2H2,1H3,(H,25,26)(H,27,28)/b18-13+. The molecule has 0 bridgehead atoms. The molecule has 3 rings (SSSR count). The third-order valence-corrected chi connectivity index (χ3v) is 4.29. The van der Waals surface area contributed by atoms with Gasteiger partial charge in [-0.3, -0.25) is 4.79 Å². The normalized spacial score (nSPS) is 11.0. The fraction of sp³-hybridized carbons (Fsp3) is 0.0870. The number of amides is 1. The lowest BCUT2D eigenvalue weighted by Gasteiger charge is -2.05. The number of nitrogens with one attached hydrogen (secondary N) is 1. The maximum absolute atomic E-state index is 12.4. The van der Waals surface area contributed by atoms with Gasteiger partial charge in [0.2, 0.25) is 0 Å². The van der Waals surface area contributed by atoms with Crippen molar-refractivity contribution in [3.05, 3.63) is 83.1 Å². The van der Waals surface area contributed by atoms with Gasteiger partial charge >= 0.3 is 5.97 Å². The number of nitriles is 1. The molecule has 0 unspecified atom stereocenters. The molecule has 2 aromatic carbocycles. The zero-order chi connectivity index (χ0) is 20.8. The van der Waals surface area contributed by atoms with Crippen LogP contribution < -0.4 is 5.32 Å². The molecule has 0 fully saturated rings. The van der Waals surface area contributed by atoms with Crippen molar-refractivity contribution in [2.75, 3.05) is 5.32 Å². The first-order valence-corrected chi connectivity index (χ1v) is 8.96. The second-order valence-corrected chi connectivity index (χ2v) is 6.26. The number of benzene rings is 2. The number of rotatable bonds is 6. The SMILES string of the molecule is CCc1ccc(NC(=O)/C(C#N)=C/c2ccc(-c3cccc(C(=O)O)c3)o2)cc1. The third-order valence-electron chi connectivity index (χ3n) is 4.29. The van der Waals surface area contributed by atoms with E-state index in [4.69, 9.17) is 9.52 Å². The van der Waals surface area contributed by atoms with Gasteiger partial charge in [0.25, 0.3) is 5.91 Å². The van der Waals surface area contributed by atoms with Gasteiger partial charge in [-0.15, -0.1) is 0 Å². The lowest BCUT2D eigenvalue weighted by Crippen LogP contribution is -2.13. The van der Waals surface area contributed by atoms with Gasteiger partial charge in [-0.05, 0) is 48.4 Å². The minimum Gasteiger partial charge on any atom is -0.478 e. The molecule has 2 N–H and O–H groups in total. The van der Waals surface area contributed by atoms with Crippen LogP contribution in [0.2, 0.25) is 0 Å². The van der Waals surface area contributed by atoms with E-state index in [0.717, 1.165) is 12.0 Å². The molecule has 0 aliphatic rings. The molecular formula is C23H18N2O4. The number of furan rings is 1. The molecule has 0 spiro atoms. The van der Waals surface area contributed by atoms with Crippen LogP contribution in [-0.2, 0) is 11.2 Å². The Morgan fingerprint density at radius 2 is 1.90 bits per heavy atom. The smallest absolute Gasteiger partial charge is 0.335 e. The summed E-state index contributed by atoms with van der Waals surface area (Å²) < 4.78 is 5.67. The summed E-state index contributed by atoms with van der Waals surface area (Å²) in [7, 11) is 0. The Bertz CT molecular complexity index is 1120. The number of carbonyl (C=O) groups excluding carboxylic acids is 1. The first kappa shape index (κ1) is 19.6. The van der Waals surface area contributed by atoms with Crippen LogP contribution in [0.1, 0.15) is 28.6 Å². The zero-order valence-electron chi connectivity index (χ0n) is 15.7. The number of hydrogen-bond acceptors (Lipinski definition) is 4. The van der Waals surface area contributed by atoms with Crippen molar-refractivity contribution in [1.29, 1.82) is 5.26 Å². The van der Waals surface area contributed by atoms with Crippen molar-refractivity contribution in [3.63, 3.8) is 0 Å². The molecular weight excluding hydrogens is 368 g/mol. The average molecular weight is 386 g/mol. The first-order valence-electron chi connectivity index (χ1n) is 8.96. The number of carboxylic acids is 1. The van der Waals surface area contributed by atoms with E-state index in [-0.39, 0.29) is 11.1 Å². The van der Waals surface area contributed by atoms with E-state index in [1.807, 2.05) is 25.1 Å². The Kier molecular flexibility index (Phi) is 5.91. The van der Waals surface area contributed by atoms with Crippen LogP contribution in [0.25, 0.3) is 17.4 Å². The summed E-state index contributed by atoms with van der Waals surface area (Å²) in [5, 5.41) is 21.1. The predicted octanol–water partition coefficient (Wildman–Crippen LogP) is 4.75. The molecule has 29 heavy (non-hydrogen) atoms. The number of carboxylic acid groups (broad SMARTS) is 1. The fourth-order valence-corrected chi connectivity index (χ4v) is 2.70. The first-order chi connectivity index (χ1) is 14.0. The second kappa shape index (κ2) is 8.72. The molecule has 1 heterocycles. The predicted molar refractivity (Wildman–Crippen MR) is 109 cm³/mol. The van der Waals surface area contributed by atoms with E-state index in [1.54, 1.807) is 36.4 Å². The van der Waals surface area contributed by atoms with Crippen molar-refractivity contribution >= 4 is 23.6 Å². The quantitative estimate of drug-likeness (QED) is 0.470. The summed E-state index contributed by atoms with van der Waals surface area (Å²) in [4.78, 5) is 23.5. The van der Waals surface area contributed by atoms with Crippen LogP contribution in [0.3, 0.4) is 0 Å². The van der Waals surface area contributed by atoms with Crippen LogP contribution in [-0.4, -0.2) is 17.0 Å². The van der Waals surface area contributed by atoms with Crippen LogP contribution in [0.15, 0.2) is 70.7 Å². The van der Waals surface area contributed by atoms with Gasteiger partial charge in [0.05, 0.1) is 5.56 Å². The molecule has 144 valence electrons. The molecule has 3 aromatic rings. The molecule has 0 saturated carbocycles. The molecule has 0 radical (unpaired) electrons. The lowest BCUT2D eigenvalue weighted by molar-refractivity contribution is -0.112. The van der Waals surface area contributed by atoms with E-state index >= 15 is 0 Å². The van der Waals surface area contributed by atoms with Gasteiger partial charge < -0.3 is 14.8 Å². The van der Waals surface area contributed by atoms with Gasteiger partial charge in [0, 0.05) is 17.3 Å². The highest BCUT2D eigenvalue weighted by atomic mass is 16.4. The maximum Gasteiger partial charge on any atom is 0.335 e. The van der Waals surface area contributed by atoms with E-state index in [2.05, 4.69) is 5.32 Å². The Balaban J connectivity index is 1.79. The summed E-state index contributed by atoms with van der Waals surface area (Å²) >= 11 is 0. The summed E-state index contributed by atoms with van der Waals surface area (Å²) in [6.45, 7) is 2.04. The third kappa shape index (κ3) is 4.79.